The molecule has 3 aromatic rings. The van der Waals surface area contributed by atoms with E-state index in [1.54, 1.807) is 24.3 Å². The fourth-order valence-electron chi connectivity index (χ4n) is 2.96. The average molecular weight is 503 g/mol. The van der Waals surface area contributed by atoms with Gasteiger partial charge in [0.1, 0.15) is 17.3 Å². The van der Waals surface area contributed by atoms with Crippen LogP contribution in [0.5, 0.6) is 0 Å². The number of halogens is 2. The number of rotatable bonds is 5. The van der Waals surface area contributed by atoms with Crippen LogP contribution < -0.4 is 0 Å². The summed E-state index contributed by atoms with van der Waals surface area (Å²) in [5.41, 5.74) is 0.776. The molecule has 0 radical (unpaired) electrons. The fraction of sp³-hybridized carbons (Fsp3) is 0.0476. The lowest BCUT2D eigenvalue weighted by Crippen LogP contribution is -2.27. The van der Waals surface area contributed by atoms with E-state index in [-0.39, 0.29) is 22.7 Å². The molecule has 10 heteroatoms. The standard InChI is InChI=1S/C21H12BrFN2O5S/c22-16-9-13(25(28)29)5-7-15(16)18-8-6-14(30-18)10-19-20(26)24(21(27)31-19)11-12-3-1-2-4-17(12)23/h1-10H,11H2. The van der Waals surface area contributed by atoms with Crippen LogP contribution in [0.15, 0.2) is 68.4 Å². The molecule has 0 saturated carbocycles. The first-order valence-corrected chi connectivity index (χ1v) is 10.5. The molecule has 1 aromatic heterocycles. The second-order valence-corrected chi connectivity index (χ2v) is 8.33. The number of benzene rings is 2. The summed E-state index contributed by atoms with van der Waals surface area (Å²) < 4.78 is 20.1. The topological polar surface area (TPSA) is 93.7 Å². The number of carbonyl (C=O) groups is 2. The zero-order chi connectivity index (χ0) is 22.1. The van der Waals surface area contributed by atoms with Gasteiger partial charge >= 0.3 is 0 Å². The first-order chi connectivity index (χ1) is 14.8. The van der Waals surface area contributed by atoms with E-state index in [4.69, 9.17) is 4.42 Å². The van der Waals surface area contributed by atoms with E-state index in [0.717, 1.165) is 16.7 Å². The van der Waals surface area contributed by atoms with Gasteiger partial charge in [-0.25, -0.2) is 4.39 Å². The largest absolute Gasteiger partial charge is 0.457 e. The van der Waals surface area contributed by atoms with Crippen molar-refractivity contribution in [1.82, 2.24) is 4.90 Å². The zero-order valence-corrected chi connectivity index (χ0v) is 18.0. The van der Waals surface area contributed by atoms with Crippen LogP contribution in [0.1, 0.15) is 11.3 Å². The van der Waals surface area contributed by atoms with Gasteiger partial charge in [-0.15, -0.1) is 0 Å². The van der Waals surface area contributed by atoms with Gasteiger partial charge in [-0.2, -0.15) is 0 Å². The molecule has 0 spiro atoms. The van der Waals surface area contributed by atoms with Gasteiger partial charge in [0.05, 0.1) is 16.4 Å². The number of non-ortho nitro benzene ring substituents is 1. The number of hydrogen-bond acceptors (Lipinski definition) is 6. The maximum atomic E-state index is 13.9. The predicted octanol–water partition coefficient (Wildman–Crippen LogP) is 5.99. The van der Waals surface area contributed by atoms with Crippen LogP contribution in [0.3, 0.4) is 0 Å². The first-order valence-electron chi connectivity index (χ1n) is 8.86. The van der Waals surface area contributed by atoms with Gasteiger partial charge in [-0.3, -0.25) is 24.6 Å². The highest BCUT2D eigenvalue weighted by Crippen LogP contribution is 2.36. The van der Waals surface area contributed by atoms with E-state index < -0.39 is 21.9 Å². The van der Waals surface area contributed by atoms with Crippen molar-refractivity contribution in [2.24, 2.45) is 0 Å². The number of furan rings is 1. The molecule has 2 amide bonds. The second-order valence-electron chi connectivity index (χ2n) is 6.48. The Morgan fingerprint density at radius 1 is 1.16 bits per heavy atom. The number of amides is 2. The number of imide groups is 1. The quantitative estimate of drug-likeness (QED) is 0.241. The Bertz CT molecular complexity index is 1260. The van der Waals surface area contributed by atoms with Gasteiger partial charge in [0, 0.05) is 33.8 Å². The molecule has 1 fully saturated rings. The Balaban J connectivity index is 1.56. The first kappa shape index (κ1) is 21.0. The summed E-state index contributed by atoms with van der Waals surface area (Å²) in [6, 6.07) is 13.5. The van der Waals surface area contributed by atoms with Gasteiger partial charge in [0.15, 0.2) is 0 Å². The maximum absolute atomic E-state index is 13.9. The Kier molecular flexibility index (Phi) is 5.75. The molecule has 2 heterocycles. The molecule has 0 N–H and O–H groups in total. The lowest BCUT2D eigenvalue weighted by atomic mass is 10.1. The number of carbonyl (C=O) groups excluding carboxylic acids is 2. The van der Waals surface area contributed by atoms with Crippen LogP contribution in [0, 0.1) is 15.9 Å². The van der Waals surface area contributed by atoms with Crippen LogP contribution in [-0.2, 0) is 11.3 Å². The van der Waals surface area contributed by atoms with Crippen LogP contribution in [0.4, 0.5) is 14.9 Å². The summed E-state index contributed by atoms with van der Waals surface area (Å²) in [6.07, 6.45) is 1.44. The molecular weight excluding hydrogens is 491 g/mol. The zero-order valence-electron chi connectivity index (χ0n) is 15.6. The SMILES string of the molecule is O=C1SC(=Cc2ccc(-c3ccc([N+](=O)[O-])cc3Br)o2)C(=O)N1Cc1ccccc1F. The summed E-state index contributed by atoms with van der Waals surface area (Å²) in [6.45, 7) is -0.159. The molecular formula is C21H12BrFN2O5S. The molecule has 4 rings (SSSR count). The minimum atomic E-state index is -0.535. The van der Waals surface area contributed by atoms with E-state index >= 15 is 0 Å². The molecule has 0 aliphatic carbocycles. The maximum Gasteiger partial charge on any atom is 0.293 e. The summed E-state index contributed by atoms with van der Waals surface area (Å²) >= 11 is 4.04. The van der Waals surface area contributed by atoms with E-state index in [0.29, 0.717) is 21.6 Å². The van der Waals surface area contributed by atoms with Crippen molar-refractivity contribution in [2.75, 3.05) is 0 Å². The van der Waals surface area contributed by atoms with Gasteiger partial charge in [-0.1, -0.05) is 18.2 Å². The molecule has 1 saturated heterocycles. The van der Waals surface area contributed by atoms with Crippen LogP contribution in [0.25, 0.3) is 17.4 Å². The lowest BCUT2D eigenvalue weighted by Gasteiger charge is -2.12. The minimum Gasteiger partial charge on any atom is -0.457 e. The summed E-state index contributed by atoms with van der Waals surface area (Å²) in [5, 5.41) is 10.4. The van der Waals surface area contributed by atoms with Crippen molar-refractivity contribution in [1.29, 1.82) is 0 Å². The Labute approximate surface area is 187 Å². The van der Waals surface area contributed by atoms with Crippen molar-refractivity contribution in [3.8, 4) is 11.3 Å². The Morgan fingerprint density at radius 2 is 1.94 bits per heavy atom. The normalized spacial score (nSPS) is 15.2. The van der Waals surface area contributed by atoms with Crippen molar-refractivity contribution >= 4 is 50.6 Å². The predicted molar refractivity (Wildman–Crippen MR) is 116 cm³/mol. The molecule has 0 atom stereocenters. The van der Waals surface area contributed by atoms with Crippen LogP contribution in [-0.4, -0.2) is 21.0 Å². The summed E-state index contributed by atoms with van der Waals surface area (Å²) in [5.74, 6) is -0.266. The molecule has 31 heavy (non-hydrogen) atoms. The second kappa shape index (κ2) is 8.48. The van der Waals surface area contributed by atoms with Gasteiger partial charge in [0.2, 0.25) is 0 Å². The van der Waals surface area contributed by atoms with Gasteiger partial charge in [-0.05, 0) is 52.0 Å². The number of hydrogen-bond donors (Lipinski definition) is 0. The highest BCUT2D eigenvalue weighted by molar-refractivity contribution is 9.10. The summed E-state index contributed by atoms with van der Waals surface area (Å²) in [4.78, 5) is 36.4. The van der Waals surface area contributed by atoms with Crippen molar-refractivity contribution < 1.29 is 23.3 Å². The van der Waals surface area contributed by atoms with Crippen molar-refractivity contribution in [3.63, 3.8) is 0 Å². The summed E-state index contributed by atoms with van der Waals surface area (Å²) in [7, 11) is 0. The van der Waals surface area contributed by atoms with E-state index in [1.165, 1.54) is 36.4 Å². The number of nitro groups is 1. The third-order valence-corrected chi connectivity index (χ3v) is 6.05. The van der Waals surface area contributed by atoms with Gasteiger partial charge in [0.25, 0.3) is 16.8 Å². The highest BCUT2D eigenvalue weighted by atomic mass is 79.9. The third-order valence-electron chi connectivity index (χ3n) is 4.49. The monoisotopic (exact) mass is 502 g/mol. The molecule has 1 aliphatic heterocycles. The minimum absolute atomic E-state index is 0.0640. The number of nitrogens with zero attached hydrogens (tertiary/aromatic N) is 2. The lowest BCUT2D eigenvalue weighted by molar-refractivity contribution is -0.384. The van der Waals surface area contributed by atoms with Crippen molar-refractivity contribution in [3.05, 3.63) is 91.2 Å². The van der Waals surface area contributed by atoms with Crippen LogP contribution in [0.2, 0.25) is 0 Å². The third kappa shape index (κ3) is 4.30. The Morgan fingerprint density at radius 3 is 2.65 bits per heavy atom. The smallest absolute Gasteiger partial charge is 0.293 e. The van der Waals surface area contributed by atoms with Crippen molar-refractivity contribution in [2.45, 2.75) is 6.54 Å². The molecule has 1 aliphatic rings. The average Bonchev–Trinajstić information content (AvgIpc) is 3.29. The number of thioether (sulfide) groups is 1. The van der Waals surface area contributed by atoms with E-state index in [1.807, 2.05) is 0 Å². The number of nitro benzene ring substituents is 1. The fourth-order valence-corrected chi connectivity index (χ4v) is 4.34. The Hall–Kier alpha value is -3.24. The van der Waals surface area contributed by atoms with Gasteiger partial charge < -0.3 is 4.42 Å². The molecule has 7 nitrogen and oxygen atoms in total. The van der Waals surface area contributed by atoms with E-state index in [9.17, 15) is 24.1 Å². The molecule has 0 unspecified atom stereocenters. The highest BCUT2D eigenvalue weighted by Gasteiger charge is 2.35. The van der Waals surface area contributed by atoms with Crippen LogP contribution >= 0.6 is 27.7 Å². The molecule has 2 aromatic carbocycles. The molecule has 156 valence electrons. The van der Waals surface area contributed by atoms with E-state index in [2.05, 4.69) is 15.9 Å². The molecule has 0 bridgehead atoms.